The fourth-order valence-corrected chi connectivity index (χ4v) is 2.57. The Labute approximate surface area is 112 Å². The summed E-state index contributed by atoms with van der Waals surface area (Å²) in [6.45, 7) is 6.35. The lowest BCUT2D eigenvalue weighted by Crippen LogP contribution is -2.46. The molecule has 108 valence electrons. The summed E-state index contributed by atoms with van der Waals surface area (Å²) in [6.07, 6.45) is 10.1. The maximum absolute atomic E-state index is 9.45. The Balaban J connectivity index is 2.03. The van der Waals surface area contributed by atoms with E-state index in [-0.39, 0.29) is 12.1 Å². The summed E-state index contributed by atoms with van der Waals surface area (Å²) in [5.41, 5.74) is -0.108. The molecule has 3 heteroatoms. The van der Waals surface area contributed by atoms with Crippen molar-refractivity contribution in [2.75, 3.05) is 19.8 Å². The summed E-state index contributed by atoms with van der Waals surface area (Å²) in [5.74, 6) is 0. The molecule has 0 saturated heterocycles. The monoisotopic (exact) mass is 257 g/mol. The van der Waals surface area contributed by atoms with E-state index in [1.165, 1.54) is 25.7 Å². The van der Waals surface area contributed by atoms with Crippen molar-refractivity contribution in [1.82, 2.24) is 5.32 Å². The Morgan fingerprint density at radius 3 is 2.61 bits per heavy atom. The number of hydrogen-bond acceptors (Lipinski definition) is 3. The maximum atomic E-state index is 9.45. The van der Waals surface area contributed by atoms with Gasteiger partial charge < -0.3 is 15.2 Å². The molecule has 0 spiro atoms. The van der Waals surface area contributed by atoms with Crippen molar-refractivity contribution in [2.45, 2.75) is 76.9 Å². The molecule has 0 aromatic carbocycles. The summed E-state index contributed by atoms with van der Waals surface area (Å²) < 4.78 is 5.85. The van der Waals surface area contributed by atoms with Gasteiger partial charge in [0.15, 0.2) is 0 Å². The number of ether oxygens (including phenoxy) is 1. The summed E-state index contributed by atoms with van der Waals surface area (Å²) in [6, 6.07) is 0. The first-order valence-corrected chi connectivity index (χ1v) is 7.67. The van der Waals surface area contributed by atoms with Gasteiger partial charge in [0.1, 0.15) is 0 Å². The zero-order chi connectivity index (χ0) is 13.3. The number of aliphatic hydroxyl groups excluding tert-OH is 1. The molecule has 3 nitrogen and oxygen atoms in total. The van der Waals surface area contributed by atoms with Crippen molar-refractivity contribution in [3.63, 3.8) is 0 Å². The van der Waals surface area contributed by atoms with Gasteiger partial charge in [-0.25, -0.2) is 0 Å². The molecule has 1 unspecified atom stereocenters. The van der Waals surface area contributed by atoms with E-state index in [1.54, 1.807) is 0 Å². The second-order valence-electron chi connectivity index (χ2n) is 5.88. The van der Waals surface area contributed by atoms with Crippen molar-refractivity contribution in [2.24, 2.45) is 0 Å². The molecule has 0 heterocycles. The lowest BCUT2D eigenvalue weighted by atomic mass is 9.95. The van der Waals surface area contributed by atoms with Crippen molar-refractivity contribution in [1.29, 1.82) is 0 Å². The molecule has 0 aliphatic heterocycles. The molecular formula is C15H31NO2. The topological polar surface area (TPSA) is 41.5 Å². The van der Waals surface area contributed by atoms with Crippen LogP contribution in [-0.4, -0.2) is 36.5 Å². The van der Waals surface area contributed by atoms with Crippen LogP contribution in [0.2, 0.25) is 0 Å². The van der Waals surface area contributed by atoms with Crippen LogP contribution in [0.3, 0.4) is 0 Å². The molecule has 0 aromatic rings. The molecule has 1 atom stereocenters. The quantitative estimate of drug-likeness (QED) is 0.591. The van der Waals surface area contributed by atoms with Crippen LogP contribution in [-0.2, 0) is 4.74 Å². The third-order valence-corrected chi connectivity index (χ3v) is 3.93. The summed E-state index contributed by atoms with van der Waals surface area (Å²) in [7, 11) is 0. The molecule has 1 fully saturated rings. The minimum Gasteiger partial charge on any atom is -0.394 e. The zero-order valence-electron chi connectivity index (χ0n) is 12.2. The highest BCUT2D eigenvalue weighted by Crippen LogP contribution is 2.21. The molecule has 1 saturated carbocycles. The molecule has 18 heavy (non-hydrogen) atoms. The molecule has 0 aromatic heterocycles. The van der Waals surface area contributed by atoms with Gasteiger partial charge in [-0.15, -0.1) is 0 Å². The van der Waals surface area contributed by atoms with E-state index in [2.05, 4.69) is 19.2 Å². The number of unbranched alkanes of at least 4 members (excludes halogenated alkanes) is 1. The van der Waals surface area contributed by atoms with Gasteiger partial charge in [0.2, 0.25) is 0 Å². The average Bonchev–Trinajstić information content (AvgIpc) is 2.89. The Morgan fingerprint density at radius 1 is 1.28 bits per heavy atom. The minimum atomic E-state index is -0.108. The van der Waals surface area contributed by atoms with Crippen LogP contribution in [0.15, 0.2) is 0 Å². The fraction of sp³-hybridized carbons (Fsp3) is 1.00. The van der Waals surface area contributed by atoms with Gasteiger partial charge in [0.05, 0.1) is 12.7 Å². The minimum absolute atomic E-state index is 0.108. The third kappa shape index (κ3) is 6.17. The number of rotatable bonds is 10. The summed E-state index contributed by atoms with van der Waals surface area (Å²) in [5, 5.41) is 12.9. The first-order chi connectivity index (χ1) is 8.70. The van der Waals surface area contributed by atoms with E-state index < -0.39 is 0 Å². The van der Waals surface area contributed by atoms with E-state index in [4.69, 9.17) is 4.74 Å². The first-order valence-electron chi connectivity index (χ1n) is 7.67. The van der Waals surface area contributed by atoms with Gasteiger partial charge in [-0.1, -0.05) is 19.8 Å². The Bertz CT molecular complexity index is 205. The zero-order valence-corrected chi connectivity index (χ0v) is 12.2. The second kappa shape index (κ2) is 8.89. The van der Waals surface area contributed by atoms with Gasteiger partial charge in [-0.2, -0.15) is 0 Å². The van der Waals surface area contributed by atoms with Crippen LogP contribution >= 0.6 is 0 Å². The highest BCUT2D eigenvalue weighted by atomic mass is 16.5. The van der Waals surface area contributed by atoms with Crippen LogP contribution in [0.25, 0.3) is 0 Å². The van der Waals surface area contributed by atoms with Gasteiger partial charge in [-0.3, -0.25) is 0 Å². The summed E-state index contributed by atoms with van der Waals surface area (Å²) >= 11 is 0. The van der Waals surface area contributed by atoms with Crippen LogP contribution < -0.4 is 5.32 Å². The van der Waals surface area contributed by atoms with Crippen molar-refractivity contribution in [3.05, 3.63) is 0 Å². The Kier molecular flexibility index (Phi) is 7.87. The first kappa shape index (κ1) is 15.9. The number of hydrogen-bond donors (Lipinski definition) is 2. The van der Waals surface area contributed by atoms with Crippen LogP contribution in [0.1, 0.15) is 65.2 Å². The largest absolute Gasteiger partial charge is 0.394 e. The van der Waals surface area contributed by atoms with E-state index in [9.17, 15) is 5.11 Å². The molecule has 1 aliphatic rings. The lowest BCUT2D eigenvalue weighted by Gasteiger charge is -2.29. The van der Waals surface area contributed by atoms with E-state index in [0.717, 1.165) is 38.8 Å². The molecule has 0 amide bonds. The average molecular weight is 257 g/mol. The smallest absolute Gasteiger partial charge is 0.0610 e. The van der Waals surface area contributed by atoms with E-state index in [1.807, 2.05) is 0 Å². The Morgan fingerprint density at radius 2 is 2.00 bits per heavy atom. The highest BCUT2D eigenvalue weighted by Gasteiger charge is 2.21. The van der Waals surface area contributed by atoms with Crippen molar-refractivity contribution >= 4 is 0 Å². The Hall–Kier alpha value is -0.120. The van der Waals surface area contributed by atoms with Crippen molar-refractivity contribution in [3.8, 4) is 0 Å². The normalized spacial score (nSPS) is 20.2. The van der Waals surface area contributed by atoms with Crippen molar-refractivity contribution < 1.29 is 9.84 Å². The molecule has 0 radical (unpaired) electrons. The standard InChI is InChI=1S/C15H31NO2/c1-3-11-16-15(2,13-17)10-6-7-12-18-14-8-4-5-9-14/h14,16-17H,3-13H2,1-2H3. The van der Waals surface area contributed by atoms with Gasteiger partial charge in [0.25, 0.3) is 0 Å². The van der Waals surface area contributed by atoms with Crippen LogP contribution in [0, 0.1) is 0 Å². The van der Waals surface area contributed by atoms with Crippen LogP contribution in [0.4, 0.5) is 0 Å². The molecule has 2 N–H and O–H groups in total. The SMILES string of the molecule is CCCNC(C)(CO)CCCCOC1CCCC1. The molecule has 1 aliphatic carbocycles. The number of aliphatic hydroxyl groups is 1. The third-order valence-electron chi connectivity index (χ3n) is 3.93. The maximum Gasteiger partial charge on any atom is 0.0610 e. The molecule has 0 bridgehead atoms. The lowest BCUT2D eigenvalue weighted by molar-refractivity contribution is 0.0537. The van der Waals surface area contributed by atoms with E-state index in [0.29, 0.717) is 6.10 Å². The highest BCUT2D eigenvalue weighted by molar-refractivity contribution is 4.81. The fourth-order valence-electron chi connectivity index (χ4n) is 2.57. The van der Waals surface area contributed by atoms with Gasteiger partial charge in [0, 0.05) is 12.1 Å². The van der Waals surface area contributed by atoms with Gasteiger partial charge >= 0.3 is 0 Å². The van der Waals surface area contributed by atoms with E-state index >= 15 is 0 Å². The summed E-state index contributed by atoms with van der Waals surface area (Å²) in [4.78, 5) is 0. The predicted octanol–water partition coefficient (Wildman–Crippen LogP) is 2.87. The number of nitrogens with one attached hydrogen (secondary N) is 1. The second-order valence-corrected chi connectivity index (χ2v) is 5.88. The predicted molar refractivity (Wildman–Crippen MR) is 75.8 cm³/mol. The molecule has 1 rings (SSSR count). The van der Waals surface area contributed by atoms with Crippen LogP contribution in [0.5, 0.6) is 0 Å². The van der Waals surface area contributed by atoms with Gasteiger partial charge in [-0.05, 0) is 52.0 Å². The molecular weight excluding hydrogens is 226 g/mol.